The van der Waals surface area contributed by atoms with Crippen LogP contribution in [0.3, 0.4) is 0 Å². The molecular weight excluding hydrogens is 344 g/mol. The molecule has 27 heavy (non-hydrogen) atoms. The van der Waals surface area contributed by atoms with Gasteiger partial charge in [-0.1, -0.05) is 30.3 Å². The number of carbonyl (C=O) groups excluding carboxylic acids is 2. The maximum atomic E-state index is 12.7. The molecule has 6 nitrogen and oxygen atoms in total. The van der Waals surface area contributed by atoms with Gasteiger partial charge in [0.05, 0.1) is 17.9 Å². The summed E-state index contributed by atoms with van der Waals surface area (Å²) < 4.78 is 10.7. The van der Waals surface area contributed by atoms with Crippen molar-refractivity contribution in [3.05, 3.63) is 60.1 Å². The normalized spacial score (nSPS) is 16.2. The summed E-state index contributed by atoms with van der Waals surface area (Å²) in [6.45, 7) is 2.19. The van der Waals surface area contributed by atoms with E-state index in [1.807, 2.05) is 30.3 Å². The summed E-state index contributed by atoms with van der Waals surface area (Å²) in [6.07, 6.45) is 5.97. The van der Waals surface area contributed by atoms with Gasteiger partial charge >= 0.3 is 0 Å². The number of amides is 2. The average Bonchev–Trinajstić information content (AvgIpc) is 3.39. The topological polar surface area (TPSA) is 71.8 Å². The third kappa shape index (κ3) is 5.96. The minimum Gasteiger partial charge on any atom is -0.472 e. The van der Waals surface area contributed by atoms with Crippen molar-refractivity contribution in [2.45, 2.75) is 31.8 Å². The van der Waals surface area contributed by atoms with Gasteiger partial charge in [0.15, 0.2) is 0 Å². The predicted octanol–water partition coefficient (Wildman–Crippen LogP) is 2.65. The van der Waals surface area contributed by atoms with Crippen molar-refractivity contribution >= 4 is 11.8 Å². The van der Waals surface area contributed by atoms with Gasteiger partial charge in [0.2, 0.25) is 5.91 Å². The molecule has 0 aliphatic carbocycles. The Hall–Kier alpha value is -2.60. The lowest BCUT2D eigenvalue weighted by Gasteiger charge is -2.25. The Morgan fingerprint density at radius 3 is 2.74 bits per heavy atom. The molecule has 144 valence electrons. The van der Waals surface area contributed by atoms with Gasteiger partial charge in [-0.25, -0.2) is 0 Å². The zero-order valence-corrected chi connectivity index (χ0v) is 15.4. The van der Waals surface area contributed by atoms with Crippen LogP contribution in [0.15, 0.2) is 53.3 Å². The fraction of sp³-hybridized carbons (Fsp3) is 0.429. The highest BCUT2D eigenvalue weighted by Gasteiger charge is 2.24. The Morgan fingerprint density at radius 1 is 1.19 bits per heavy atom. The number of furan rings is 1. The van der Waals surface area contributed by atoms with E-state index in [1.54, 1.807) is 11.0 Å². The molecule has 1 N–H and O–H groups in total. The molecule has 1 aromatic carbocycles. The van der Waals surface area contributed by atoms with E-state index in [9.17, 15) is 9.59 Å². The first kappa shape index (κ1) is 19.2. The molecular formula is C21H26N2O4. The quantitative estimate of drug-likeness (QED) is 0.737. The first-order valence-corrected chi connectivity index (χ1v) is 9.46. The Labute approximate surface area is 159 Å². The number of hydrogen-bond donors (Lipinski definition) is 1. The lowest BCUT2D eigenvalue weighted by molar-refractivity contribution is -0.121. The number of nitrogens with zero attached hydrogens (tertiary/aromatic N) is 1. The summed E-state index contributed by atoms with van der Waals surface area (Å²) in [5.74, 6) is -0.181. The minimum atomic E-state index is -0.128. The van der Waals surface area contributed by atoms with Crippen molar-refractivity contribution in [1.29, 1.82) is 0 Å². The second-order valence-corrected chi connectivity index (χ2v) is 6.73. The fourth-order valence-electron chi connectivity index (χ4n) is 3.19. The van der Waals surface area contributed by atoms with Crippen molar-refractivity contribution in [2.75, 3.05) is 26.2 Å². The van der Waals surface area contributed by atoms with Gasteiger partial charge in [-0.05, 0) is 30.9 Å². The minimum absolute atomic E-state index is 0.0435. The number of nitrogens with one attached hydrogen (secondary N) is 1. The van der Waals surface area contributed by atoms with Crippen LogP contribution in [0.1, 0.15) is 35.2 Å². The van der Waals surface area contributed by atoms with E-state index in [-0.39, 0.29) is 24.3 Å². The molecule has 0 spiro atoms. The van der Waals surface area contributed by atoms with Gasteiger partial charge in [-0.15, -0.1) is 0 Å². The molecule has 1 aliphatic heterocycles. The van der Waals surface area contributed by atoms with Crippen LogP contribution in [-0.2, 0) is 16.0 Å². The third-order valence-corrected chi connectivity index (χ3v) is 4.69. The number of ether oxygens (including phenoxy) is 1. The van der Waals surface area contributed by atoms with E-state index in [2.05, 4.69) is 5.32 Å². The van der Waals surface area contributed by atoms with Crippen LogP contribution in [0.4, 0.5) is 0 Å². The van der Waals surface area contributed by atoms with Crippen LogP contribution in [0.25, 0.3) is 0 Å². The molecule has 3 rings (SSSR count). The van der Waals surface area contributed by atoms with Gasteiger partial charge in [-0.2, -0.15) is 0 Å². The number of benzene rings is 1. The summed E-state index contributed by atoms with van der Waals surface area (Å²) in [7, 11) is 0. The highest BCUT2D eigenvalue weighted by Crippen LogP contribution is 2.15. The summed E-state index contributed by atoms with van der Waals surface area (Å²) in [5, 5.41) is 2.93. The first-order chi connectivity index (χ1) is 13.2. The van der Waals surface area contributed by atoms with Gasteiger partial charge in [0, 0.05) is 32.7 Å². The molecule has 0 saturated carbocycles. The van der Waals surface area contributed by atoms with Gasteiger partial charge in [0.1, 0.15) is 6.26 Å². The molecule has 0 radical (unpaired) electrons. The van der Waals surface area contributed by atoms with Crippen molar-refractivity contribution in [2.24, 2.45) is 0 Å². The molecule has 1 saturated heterocycles. The zero-order valence-electron chi connectivity index (χ0n) is 15.4. The van der Waals surface area contributed by atoms with E-state index >= 15 is 0 Å². The Morgan fingerprint density at radius 2 is 2.04 bits per heavy atom. The second-order valence-electron chi connectivity index (χ2n) is 6.73. The van der Waals surface area contributed by atoms with Crippen LogP contribution in [0, 0.1) is 0 Å². The Kier molecular flexibility index (Phi) is 7.04. The number of hydrogen-bond acceptors (Lipinski definition) is 4. The maximum absolute atomic E-state index is 12.7. The SMILES string of the molecule is O=C(CCN(CC1CCCO1)C(=O)c1ccoc1)NCCc1ccccc1. The van der Waals surface area contributed by atoms with Crippen LogP contribution < -0.4 is 5.32 Å². The highest BCUT2D eigenvalue weighted by atomic mass is 16.5. The van der Waals surface area contributed by atoms with Crippen LogP contribution in [0.2, 0.25) is 0 Å². The summed E-state index contributed by atoms with van der Waals surface area (Å²) in [4.78, 5) is 26.6. The Balaban J connectivity index is 1.47. The van der Waals surface area contributed by atoms with Gasteiger partial charge < -0.3 is 19.4 Å². The Bertz CT molecular complexity index is 709. The summed E-state index contributed by atoms with van der Waals surface area (Å²) in [6, 6.07) is 11.7. The maximum Gasteiger partial charge on any atom is 0.257 e. The fourth-order valence-corrected chi connectivity index (χ4v) is 3.19. The van der Waals surface area contributed by atoms with Crippen molar-refractivity contribution < 1.29 is 18.7 Å². The second kappa shape index (κ2) is 9.92. The average molecular weight is 370 g/mol. The van der Waals surface area contributed by atoms with E-state index in [0.717, 1.165) is 25.9 Å². The van der Waals surface area contributed by atoms with Crippen molar-refractivity contribution in [3.63, 3.8) is 0 Å². The number of rotatable bonds is 9. The summed E-state index contributed by atoms with van der Waals surface area (Å²) in [5.41, 5.74) is 1.69. The van der Waals surface area contributed by atoms with E-state index in [0.29, 0.717) is 25.2 Å². The lowest BCUT2D eigenvalue weighted by atomic mass is 10.1. The highest BCUT2D eigenvalue weighted by molar-refractivity contribution is 5.94. The smallest absolute Gasteiger partial charge is 0.257 e. The molecule has 2 heterocycles. The molecule has 6 heteroatoms. The van der Waals surface area contributed by atoms with Crippen LogP contribution in [0.5, 0.6) is 0 Å². The first-order valence-electron chi connectivity index (χ1n) is 9.46. The molecule has 0 bridgehead atoms. The molecule has 1 aromatic heterocycles. The van der Waals surface area contributed by atoms with Crippen molar-refractivity contribution in [1.82, 2.24) is 10.2 Å². The molecule has 1 atom stereocenters. The third-order valence-electron chi connectivity index (χ3n) is 4.69. The van der Waals surface area contributed by atoms with Crippen LogP contribution >= 0.6 is 0 Å². The molecule has 2 aromatic rings. The lowest BCUT2D eigenvalue weighted by Crippen LogP contribution is -2.40. The monoisotopic (exact) mass is 370 g/mol. The predicted molar refractivity (Wildman–Crippen MR) is 101 cm³/mol. The van der Waals surface area contributed by atoms with Crippen LogP contribution in [-0.4, -0.2) is 49.1 Å². The number of carbonyl (C=O) groups is 2. The zero-order chi connectivity index (χ0) is 18.9. The van der Waals surface area contributed by atoms with Crippen molar-refractivity contribution in [3.8, 4) is 0 Å². The van der Waals surface area contributed by atoms with E-state index < -0.39 is 0 Å². The summed E-state index contributed by atoms with van der Waals surface area (Å²) >= 11 is 0. The largest absolute Gasteiger partial charge is 0.472 e. The van der Waals surface area contributed by atoms with E-state index in [1.165, 1.54) is 18.1 Å². The molecule has 1 fully saturated rings. The molecule has 1 aliphatic rings. The molecule has 1 unspecified atom stereocenters. The molecule has 2 amide bonds. The van der Waals surface area contributed by atoms with Gasteiger partial charge in [0.25, 0.3) is 5.91 Å². The standard InChI is InChI=1S/C21H26N2O4/c24-20(22-11-8-17-5-2-1-3-6-17)9-12-23(15-19-7-4-13-27-19)21(25)18-10-14-26-16-18/h1-3,5-6,10,14,16,19H,4,7-9,11-13,15H2,(H,22,24). The van der Waals surface area contributed by atoms with Gasteiger partial charge in [-0.3, -0.25) is 9.59 Å². The van der Waals surface area contributed by atoms with E-state index in [4.69, 9.17) is 9.15 Å².